The van der Waals surface area contributed by atoms with Gasteiger partial charge < -0.3 is 10.6 Å². The van der Waals surface area contributed by atoms with Crippen molar-refractivity contribution in [3.05, 3.63) is 0 Å². The van der Waals surface area contributed by atoms with Crippen molar-refractivity contribution in [2.24, 2.45) is 5.73 Å². The zero-order valence-corrected chi connectivity index (χ0v) is 7.21. The Bertz CT molecular complexity index is 117. The van der Waals surface area contributed by atoms with Crippen LogP contribution in [0.5, 0.6) is 0 Å². The first-order valence-electron chi connectivity index (χ1n) is 4.14. The van der Waals surface area contributed by atoms with Crippen molar-refractivity contribution < 1.29 is 0 Å². The molecular formula is C8H17N3. The van der Waals surface area contributed by atoms with Gasteiger partial charge in [-0.1, -0.05) is 6.92 Å². The molecule has 11 heavy (non-hydrogen) atoms. The van der Waals surface area contributed by atoms with Crippen molar-refractivity contribution in [3.8, 4) is 6.07 Å². The number of nitrogens with two attached hydrogens (primary N) is 1. The molecule has 64 valence electrons. The van der Waals surface area contributed by atoms with E-state index in [0.717, 1.165) is 32.6 Å². The highest BCUT2D eigenvalue weighted by Gasteiger charge is 1.98. The van der Waals surface area contributed by atoms with Crippen LogP contribution < -0.4 is 5.73 Å². The van der Waals surface area contributed by atoms with Crippen LogP contribution in [0.3, 0.4) is 0 Å². The molecule has 3 heteroatoms. The highest BCUT2D eigenvalue weighted by Crippen LogP contribution is 1.91. The van der Waals surface area contributed by atoms with Crippen molar-refractivity contribution in [2.45, 2.75) is 19.8 Å². The van der Waals surface area contributed by atoms with E-state index in [1.807, 2.05) is 0 Å². The first-order chi connectivity index (χ1) is 5.35. The second-order valence-corrected chi connectivity index (χ2v) is 2.48. The molecule has 0 unspecified atom stereocenters. The average Bonchev–Trinajstić information content (AvgIpc) is 2.05. The third-order valence-corrected chi connectivity index (χ3v) is 1.67. The molecule has 0 saturated heterocycles. The van der Waals surface area contributed by atoms with Crippen LogP contribution in [0, 0.1) is 11.3 Å². The van der Waals surface area contributed by atoms with E-state index in [1.165, 1.54) is 0 Å². The van der Waals surface area contributed by atoms with E-state index < -0.39 is 0 Å². The molecule has 0 heterocycles. The number of nitrogens with zero attached hydrogens (tertiary/aromatic N) is 2. The number of rotatable bonds is 6. The summed E-state index contributed by atoms with van der Waals surface area (Å²) < 4.78 is 0. The van der Waals surface area contributed by atoms with Crippen LogP contribution in [0.2, 0.25) is 0 Å². The third-order valence-electron chi connectivity index (χ3n) is 1.67. The lowest BCUT2D eigenvalue weighted by molar-refractivity contribution is 0.293. The lowest BCUT2D eigenvalue weighted by Gasteiger charge is -2.17. The topological polar surface area (TPSA) is 53.0 Å². The largest absolute Gasteiger partial charge is 0.330 e. The summed E-state index contributed by atoms with van der Waals surface area (Å²) in [5, 5.41) is 8.33. The molecule has 0 aliphatic carbocycles. The fourth-order valence-corrected chi connectivity index (χ4v) is 0.951. The van der Waals surface area contributed by atoms with Crippen molar-refractivity contribution in [2.75, 3.05) is 26.2 Å². The molecule has 0 aromatic heterocycles. The van der Waals surface area contributed by atoms with Gasteiger partial charge in [0.25, 0.3) is 0 Å². The van der Waals surface area contributed by atoms with E-state index >= 15 is 0 Å². The Hall–Kier alpha value is -0.590. The number of hydrogen-bond donors (Lipinski definition) is 1. The Morgan fingerprint density at radius 1 is 1.45 bits per heavy atom. The van der Waals surface area contributed by atoms with E-state index in [2.05, 4.69) is 17.9 Å². The molecule has 0 aromatic carbocycles. The molecule has 0 spiro atoms. The summed E-state index contributed by atoms with van der Waals surface area (Å²) >= 11 is 0. The predicted molar refractivity (Wildman–Crippen MR) is 46.0 cm³/mol. The van der Waals surface area contributed by atoms with E-state index in [4.69, 9.17) is 11.0 Å². The lowest BCUT2D eigenvalue weighted by atomic mass is 10.3. The summed E-state index contributed by atoms with van der Waals surface area (Å²) in [7, 11) is 0. The summed E-state index contributed by atoms with van der Waals surface area (Å²) in [6.07, 6.45) is 1.65. The zero-order valence-electron chi connectivity index (χ0n) is 7.21. The van der Waals surface area contributed by atoms with Crippen LogP contribution in [0.4, 0.5) is 0 Å². The highest BCUT2D eigenvalue weighted by molar-refractivity contribution is 4.71. The minimum atomic E-state index is 0.623. The maximum Gasteiger partial charge on any atom is 0.0635 e. The summed E-state index contributed by atoms with van der Waals surface area (Å²) in [5.41, 5.74) is 5.37. The number of nitriles is 1. The van der Waals surface area contributed by atoms with E-state index in [-0.39, 0.29) is 0 Å². The molecule has 0 radical (unpaired) electrons. The first kappa shape index (κ1) is 10.4. The Morgan fingerprint density at radius 2 is 2.18 bits per heavy atom. The van der Waals surface area contributed by atoms with Crippen molar-refractivity contribution in [1.29, 1.82) is 5.26 Å². The van der Waals surface area contributed by atoms with Gasteiger partial charge in [-0.2, -0.15) is 5.26 Å². The molecule has 0 aromatic rings. The standard InChI is InChI=1S/C8H17N3/c1-2-11(7-3-5-9)8-4-6-10/h2-5,7-9H2,1H3. The normalized spacial score (nSPS) is 10.0. The molecule has 0 saturated carbocycles. The molecule has 0 amide bonds. The molecule has 0 aliphatic rings. The maximum absolute atomic E-state index is 8.33. The third kappa shape index (κ3) is 5.84. The molecule has 3 nitrogen and oxygen atoms in total. The molecule has 0 atom stereocenters. The summed E-state index contributed by atoms with van der Waals surface area (Å²) in [4.78, 5) is 2.25. The molecule has 0 bridgehead atoms. The first-order valence-corrected chi connectivity index (χ1v) is 4.14. The zero-order chi connectivity index (χ0) is 8.53. The van der Waals surface area contributed by atoms with E-state index in [1.54, 1.807) is 0 Å². The van der Waals surface area contributed by atoms with Crippen LogP contribution in [0.1, 0.15) is 19.8 Å². The summed E-state index contributed by atoms with van der Waals surface area (Å²) in [6, 6.07) is 2.14. The monoisotopic (exact) mass is 155 g/mol. The van der Waals surface area contributed by atoms with Gasteiger partial charge in [-0.3, -0.25) is 0 Å². The summed E-state index contributed by atoms with van der Waals surface area (Å²) in [6.45, 7) is 5.76. The maximum atomic E-state index is 8.33. The predicted octanol–water partition coefficient (Wildman–Crippen LogP) is 0.571. The molecule has 2 N–H and O–H groups in total. The van der Waals surface area contributed by atoms with Gasteiger partial charge in [-0.25, -0.2) is 0 Å². The highest BCUT2D eigenvalue weighted by atomic mass is 15.1. The minimum absolute atomic E-state index is 0.623. The van der Waals surface area contributed by atoms with Crippen LogP contribution in [0.25, 0.3) is 0 Å². The minimum Gasteiger partial charge on any atom is -0.330 e. The van der Waals surface area contributed by atoms with Gasteiger partial charge in [-0.05, 0) is 26.1 Å². The average molecular weight is 155 g/mol. The SMILES string of the molecule is CCN(CCC#N)CCCN. The fraction of sp³-hybridized carbons (Fsp3) is 0.875. The van der Waals surface area contributed by atoms with Gasteiger partial charge in [-0.15, -0.1) is 0 Å². The van der Waals surface area contributed by atoms with E-state index in [0.29, 0.717) is 6.42 Å². The Morgan fingerprint density at radius 3 is 2.64 bits per heavy atom. The van der Waals surface area contributed by atoms with Crippen LogP contribution in [0.15, 0.2) is 0 Å². The van der Waals surface area contributed by atoms with Gasteiger partial charge in [0.05, 0.1) is 6.07 Å². The fourth-order valence-electron chi connectivity index (χ4n) is 0.951. The quantitative estimate of drug-likeness (QED) is 0.610. The Kier molecular flexibility index (Phi) is 7.11. The van der Waals surface area contributed by atoms with Gasteiger partial charge in [0.15, 0.2) is 0 Å². The lowest BCUT2D eigenvalue weighted by Crippen LogP contribution is -2.26. The second-order valence-electron chi connectivity index (χ2n) is 2.48. The van der Waals surface area contributed by atoms with Crippen LogP contribution in [-0.2, 0) is 0 Å². The van der Waals surface area contributed by atoms with Crippen LogP contribution in [-0.4, -0.2) is 31.1 Å². The molecular weight excluding hydrogens is 138 g/mol. The van der Waals surface area contributed by atoms with Crippen molar-refractivity contribution >= 4 is 0 Å². The molecule has 0 fully saturated rings. The van der Waals surface area contributed by atoms with E-state index in [9.17, 15) is 0 Å². The second kappa shape index (κ2) is 7.52. The van der Waals surface area contributed by atoms with Crippen LogP contribution >= 0.6 is 0 Å². The van der Waals surface area contributed by atoms with Gasteiger partial charge >= 0.3 is 0 Å². The van der Waals surface area contributed by atoms with Gasteiger partial charge in [0, 0.05) is 13.0 Å². The number of hydrogen-bond acceptors (Lipinski definition) is 3. The molecule has 0 rings (SSSR count). The smallest absolute Gasteiger partial charge is 0.0635 e. The molecule has 0 aliphatic heterocycles. The van der Waals surface area contributed by atoms with Crippen molar-refractivity contribution in [3.63, 3.8) is 0 Å². The summed E-state index contributed by atoms with van der Waals surface area (Å²) in [5.74, 6) is 0. The van der Waals surface area contributed by atoms with Gasteiger partial charge in [0.1, 0.15) is 0 Å². The Labute approximate surface area is 68.8 Å². The van der Waals surface area contributed by atoms with Crippen molar-refractivity contribution in [1.82, 2.24) is 4.90 Å². The Balaban J connectivity index is 3.34. The van der Waals surface area contributed by atoms with Gasteiger partial charge in [0.2, 0.25) is 0 Å².